The maximum atomic E-state index is 6.27. The molecule has 3 nitrogen and oxygen atoms in total. The molecule has 112 valence electrons. The third-order valence-electron chi connectivity index (χ3n) is 4.20. The molecule has 0 saturated carbocycles. The molecule has 0 bridgehead atoms. The Labute approximate surface area is 127 Å². The molecule has 1 fully saturated rings. The molecule has 0 radical (unpaired) electrons. The van der Waals surface area contributed by atoms with Gasteiger partial charge in [0.1, 0.15) is 0 Å². The van der Waals surface area contributed by atoms with Gasteiger partial charge >= 0.3 is 0 Å². The fourth-order valence-electron chi connectivity index (χ4n) is 3.17. The molecule has 1 saturated heterocycles. The zero-order valence-electron chi connectivity index (χ0n) is 12.8. The van der Waals surface area contributed by atoms with Crippen LogP contribution in [0.3, 0.4) is 0 Å². The first-order chi connectivity index (χ1) is 9.52. The summed E-state index contributed by atoms with van der Waals surface area (Å²) in [6.07, 6.45) is 2.52. The van der Waals surface area contributed by atoms with Gasteiger partial charge < -0.3 is 10.6 Å². The van der Waals surface area contributed by atoms with E-state index in [1.807, 2.05) is 6.92 Å². The molecule has 2 rings (SSSR count). The van der Waals surface area contributed by atoms with Crippen molar-refractivity contribution in [3.8, 4) is 0 Å². The van der Waals surface area contributed by atoms with E-state index in [0.29, 0.717) is 12.6 Å². The van der Waals surface area contributed by atoms with Gasteiger partial charge in [0, 0.05) is 30.2 Å². The first-order valence-electron chi connectivity index (χ1n) is 7.39. The summed E-state index contributed by atoms with van der Waals surface area (Å²) in [4.78, 5) is 4.82. The van der Waals surface area contributed by atoms with Gasteiger partial charge in [-0.2, -0.15) is 0 Å². The van der Waals surface area contributed by atoms with Gasteiger partial charge in [-0.15, -0.1) is 0 Å². The van der Waals surface area contributed by atoms with Crippen LogP contribution >= 0.6 is 11.6 Å². The van der Waals surface area contributed by atoms with E-state index in [1.54, 1.807) is 0 Å². The number of benzene rings is 1. The molecule has 0 amide bonds. The molecule has 1 aromatic carbocycles. The van der Waals surface area contributed by atoms with Crippen LogP contribution in [-0.2, 0) is 0 Å². The van der Waals surface area contributed by atoms with Crippen molar-refractivity contribution in [2.45, 2.75) is 31.8 Å². The predicted molar refractivity (Wildman–Crippen MR) is 86.3 cm³/mol. The number of hydrogen-bond acceptors (Lipinski definition) is 3. The van der Waals surface area contributed by atoms with Crippen LogP contribution in [0.5, 0.6) is 0 Å². The zero-order valence-corrected chi connectivity index (χ0v) is 13.5. The van der Waals surface area contributed by atoms with Gasteiger partial charge in [-0.25, -0.2) is 0 Å². The van der Waals surface area contributed by atoms with Crippen LogP contribution in [0.1, 0.15) is 30.0 Å². The highest BCUT2D eigenvalue weighted by atomic mass is 35.5. The van der Waals surface area contributed by atoms with E-state index in [9.17, 15) is 0 Å². The summed E-state index contributed by atoms with van der Waals surface area (Å²) in [6, 6.07) is 7.22. The van der Waals surface area contributed by atoms with Crippen molar-refractivity contribution >= 4 is 11.6 Å². The summed E-state index contributed by atoms with van der Waals surface area (Å²) < 4.78 is 0. The molecule has 0 aromatic heterocycles. The minimum Gasteiger partial charge on any atom is -0.329 e. The lowest BCUT2D eigenvalue weighted by molar-refractivity contribution is 0.156. The molecule has 2 N–H and O–H groups in total. The summed E-state index contributed by atoms with van der Waals surface area (Å²) in [7, 11) is 4.27. The van der Waals surface area contributed by atoms with E-state index in [0.717, 1.165) is 23.7 Å². The number of aryl methyl sites for hydroxylation is 1. The van der Waals surface area contributed by atoms with Crippen molar-refractivity contribution in [1.82, 2.24) is 9.80 Å². The molecule has 0 spiro atoms. The van der Waals surface area contributed by atoms with Gasteiger partial charge in [0.25, 0.3) is 0 Å². The van der Waals surface area contributed by atoms with Gasteiger partial charge in [0.05, 0.1) is 0 Å². The second-order valence-corrected chi connectivity index (χ2v) is 6.46. The highest BCUT2D eigenvalue weighted by molar-refractivity contribution is 6.31. The highest BCUT2D eigenvalue weighted by Crippen LogP contribution is 2.31. The third-order valence-corrected chi connectivity index (χ3v) is 4.61. The molecule has 1 heterocycles. The van der Waals surface area contributed by atoms with Gasteiger partial charge in [0.15, 0.2) is 0 Å². The Hall–Kier alpha value is -0.610. The maximum Gasteiger partial charge on any atom is 0.0474 e. The molecule has 1 aliphatic rings. The second-order valence-electron chi connectivity index (χ2n) is 6.06. The lowest BCUT2D eigenvalue weighted by Gasteiger charge is -2.34. The molecular weight excluding hydrogens is 270 g/mol. The van der Waals surface area contributed by atoms with Crippen molar-refractivity contribution in [3.05, 3.63) is 34.3 Å². The zero-order chi connectivity index (χ0) is 14.7. The fourth-order valence-corrected chi connectivity index (χ4v) is 3.35. The Morgan fingerprint density at radius 1 is 1.45 bits per heavy atom. The van der Waals surface area contributed by atoms with Crippen LogP contribution in [0.2, 0.25) is 5.02 Å². The van der Waals surface area contributed by atoms with E-state index in [2.05, 4.69) is 42.1 Å². The molecule has 20 heavy (non-hydrogen) atoms. The van der Waals surface area contributed by atoms with Gasteiger partial charge in [-0.05, 0) is 57.6 Å². The van der Waals surface area contributed by atoms with E-state index >= 15 is 0 Å². The minimum atomic E-state index is 0.278. The smallest absolute Gasteiger partial charge is 0.0474 e. The van der Waals surface area contributed by atoms with Crippen LogP contribution < -0.4 is 5.73 Å². The molecule has 4 heteroatoms. The SMILES string of the molecule is Cc1ccc(C(CN)N2CCCC2CN(C)C)cc1Cl. The van der Waals surface area contributed by atoms with Crippen LogP contribution in [0.4, 0.5) is 0 Å². The Balaban J connectivity index is 2.20. The molecular formula is C16H26ClN3. The molecule has 1 aliphatic heterocycles. The highest BCUT2D eigenvalue weighted by Gasteiger charge is 2.31. The normalized spacial score (nSPS) is 21.6. The van der Waals surface area contributed by atoms with E-state index in [1.165, 1.54) is 18.4 Å². The molecule has 2 unspecified atom stereocenters. The number of likely N-dealkylation sites (tertiary alicyclic amines) is 1. The van der Waals surface area contributed by atoms with Crippen molar-refractivity contribution in [2.24, 2.45) is 5.73 Å². The number of hydrogen-bond donors (Lipinski definition) is 1. The van der Waals surface area contributed by atoms with Crippen LogP contribution in [0.25, 0.3) is 0 Å². The van der Waals surface area contributed by atoms with Crippen molar-refractivity contribution in [1.29, 1.82) is 0 Å². The summed E-state index contributed by atoms with van der Waals surface area (Å²) in [5, 5.41) is 0.837. The average molecular weight is 296 g/mol. The Morgan fingerprint density at radius 3 is 2.80 bits per heavy atom. The number of rotatable bonds is 5. The van der Waals surface area contributed by atoms with Gasteiger partial charge in [-0.3, -0.25) is 4.90 Å². The van der Waals surface area contributed by atoms with E-state index in [-0.39, 0.29) is 6.04 Å². The summed E-state index contributed by atoms with van der Waals surface area (Å²) in [5.41, 5.74) is 8.43. The Bertz CT molecular complexity index is 447. The molecule has 2 atom stereocenters. The first-order valence-corrected chi connectivity index (χ1v) is 7.77. The molecule has 1 aromatic rings. The number of likely N-dealkylation sites (N-methyl/N-ethyl adjacent to an activating group) is 1. The summed E-state index contributed by atoms with van der Waals surface area (Å²) in [5.74, 6) is 0. The van der Waals surface area contributed by atoms with Crippen molar-refractivity contribution in [2.75, 3.05) is 33.7 Å². The fraction of sp³-hybridized carbons (Fsp3) is 0.625. The Morgan fingerprint density at radius 2 is 2.20 bits per heavy atom. The Kier molecular flexibility index (Phi) is 5.44. The van der Waals surface area contributed by atoms with Crippen LogP contribution in [0, 0.1) is 6.92 Å². The predicted octanol–water partition coefficient (Wildman–Crippen LogP) is 2.67. The van der Waals surface area contributed by atoms with Crippen LogP contribution in [0.15, 0.2) is 18.2 Å². The quantitative estimate of drug-likeness (QED) is 0.906. The summed E-state index contributed by atoms with van der Waals surface area (Å²) >= 11 is 6.27. The standard InChI is InChI=1S/C16H26ClN3/c1-12-6-7-13(9-15(12)17)16(10-18)20-8-4-5-14(20)11-19(2)3/h6-7,9,14,16H,4-5,8,10-11,18H2,1-3H3. The average Bonchev–Trinajstić information content (AvgIpc) is 2.82. The van der Waals surface area contributed by atoms with Gasteiger partial charge in [-0.1, -0.05) is 23.7 Å². The third kappa shape index (κ3) is 3.53. The summed E-state index contributed by atoms with van der Waals surface area (Å²) in [6.45, 7) is 4.90. The largest absolute Gasteiger partial charge is 0.329 e. The van der Waals surface area contributed by atoms with Crippen molar-refractivity contribution < 1.29 is 0 Å². The van der Waals surface area contributed by atoms with Gasteiger partial charge in [0.2, 0.25) is 0 Å². The van der Waals surface area contributed by atoms with Crippen LogP contribution in [-0.4, -0.2) is 49.6 Å². The number of halogens is 1. The number of nitrogens with zero attached hydrogens (tertiary/aromatic N) is 2. The number of nitrogens with two attached hydrogens (primary N) is 1. The van der Waals surface area contributed by atoms with E-state index < -0.39 is 0 Å². The lowest BCUT2D eigenvalue weighted by atomic mass is 10.0. The monoisotopic (exact) mass is 295 g/mol. The second kappa shape index (κ2) is 6.90. The lowest BCUT2D eigenvalue weighted by Crippen LogP contribution is -2.42. The topological polar surface area (TPSA) is 32.5 Å². The first kappa shape index (κ1) is 15.8. The molecule has 0 aliphatic carbocycles. The van der Waals surface area contributed by atoms with Crippen molar-refractivity contribution in [3.63, 3.8) is 0 Å². The van der Waals surface area contributed by atoms with E-state index in [4.69, 9.17) is 17.3 Å². The minimum absolute atomic E-state index is 0.278. The maximum absolute atomic E-state index is 6.27.